The van der Waals surface area contributed by atoms with Gasteiger partial charge in [0.05, 0.1) is 5.52 Å². The Hall–Kier alpha value is -1.84. The van der Waals surface area contributed by atoms with Gasteiger partial charge in [-0.2, -0.15) is 4.98 Å². The van der Waals surface area contributed by atoms with E-state index in [-0.39, 0.29) is 0 Å². The minimum atomic E-state index is 0.724. The van der Waals surface area contributed by atoms with Crippen LogP contribution in [0.4, 0.5) is 11.8 Å². The molecule has 0 amide bonds. The van der Waals surface area contributed by atoms with Crippen LogP contribution in [0.25, 0.3) is 10.9 Å². The SMILES string of the molecule is CCNc1nc(N(C)CC2CCC2)c2ccccc2n1. The summed E-state index contributed by atoms with van der Waals surface area (Å²) >= 11 is 0. The van der Waals surface area contributed by atoms with Crippen LogP contribution in [0.5, 0.6) is 0 Å². The third-order valence-electron chi connectivity index (χ3n) is 4.04. The molecule has 0 saturated heterocycles. The third-order valence-corrected chi connectivity index (χ3v) is 4.04. The Kier molecular flexibility index (Phi) is 3.72. The van der Waals surface area contributed by atoms with Crippen LogP contribution in [0.15, 0.2) is 24.3 Å². The predicted octanol–water partition coefficient (Wildman–Crippen LogP) is 3.30. The summed E-state index contributed by atoms with van der Waals surface area (Å²) in [7, 11) is 2.14. The van der Waals surface area contributed by atoms with E-state index in [9.17, 15) is 0 Å². The zero-order valence-electron chi connectivity index (χ0n) is 12.3. The first-order valence-corrected chi connectivity index (χ1v) is 7.49. The van der Waals surface area contributed by atoms with Gasteiger partial charge in [-0.25, -0.2) is 4.98 Å². The highest BCUT2D eigenvalue weighted by Gasteiger charge is 2.21. The highest BCUT2D eigenvalue weighted by molar-refractivity contribution is 5.90. The van der Waals surface area contributed by atoms with Gasteiger partial charge >= 0.3 is 0 Å². The first-order chi connectivity index (χ1) is 9.78. The molecule has 0 radical (unpaired) electrons. The van der Waals surface area contributed by atoms with E-state index in [1.165, 1.54) is 19.3 Å². The number of benzene rings is 1. The van der Waals surface area contributed by atoms with E-state index in [2.05, 4.69) is 47.4 Å². The topological polar surface area (TPSA) is 41.1 Å². The van der Waals surface area contributed by atoms with Crippen molar-refractivity contribution in [3.63, 3.8) is 0 Å². The number of para-hydroxylation sites is 1. The second kappa shape index (κ2) is 5.65. The molecule has 3 rings (SSSR count). The number of hydrogen-bond acceptors (Lipinski definition) is 4. The molecule has 0 aliphatic heterocycles. The monoisotopic (exact) mass is 270 g/mol. The summed E-state index contributed by atoms with van der Waals surface area (Å²) in [5, 5.41) is 4.36. The molecule has 4 heteroatoms. The zero-order chi connectivity index (χ0) is 13.9. The van der Waals surface area contributed by atoms with Crippen molar-refractivity contribution in [3.05, 3.63) is 24.3 Å². The lowest BCUT2D eigenvalue weighted by atomic mass is 9.85. The Bertz CT molecular complexity index is 592. The van der Waals surface area contributed by atoms with E-state index in [0.717, 1.165) is 41.7 Å². The number of nitrogens with zero attached hydrogens (tertiary/aromatic N) is 3. The van der Waals surface area contributed by atoms with E-state index in [1.54, 1.807) is 0 Å². The molecule has 0 bridgehead atoms. The minimum Gasteiger partial charge on any atom is -0.359 e. The molecule has 1 aromatic carbocycles. The van der Waals surface area contributed by atoms with Crippen molar-refractivity contribution < 1.29 is 0 Å². The molecule has 4 nitrogen and oxygen atoms in total. The molecular formula is C16H22N4. The summed E-state index contributed by atoms with van der Waals surface area (Å²) in [6.07, 6.45) is 4.09. The molecule has 2 aromatic rings. The normalized spacial score (nSPS) is 15.1. The highest BCUT2D eigenvalue weighted by Crippen LogP contribution is 2.30. The van der Waals surface area contributed by atoms with Gasteiger partial charge in [-0.1, -0.05) is 18.6 Å². The van der Waals surface area contributed by atoms with Crippen LogP contribution < -0.4 is 10.2 Å². The number of fused-ring (bicyclic) bond motifs is 1. The first-order valence-electron chi connectivity index (χ1n) is 7.49. The summed E-state index contributed by atoms with van der Waals surface area (Å²) in [6.45, 7) is 3.99. The summed E-state index contributed by atoms with van der Waals surface area (Å²) in [4.78, 5) is 11.6. The quantitative estimate of drug-likeness (QED) is 0.905. The van der Waals surface area contributed by atoms with Crippen molar-refractivity contribution in [1.82, 2.24) is 9.97 Å². The third kappa shape index (κ3) is 2.55. The van der Waals surface area contributed by atoms with Crippen molar-refractivity contribution in [2.24, 2.45) is 5.92 Å². The van der Waals surface area contributed by atoms with E-state index < -0.39 is 0 Å². The average Bonchev–Trinajstić information content (AvgIpc) is 2.42. The second-order valence-electron chi connectivity index (χ2n) is 5.60. The van der Waals surface area contributed by atoms with Gasteiger partial charge in [-0.15, -0.1) is 0 Å². The molecule has 1 fully saturated rings. The molecule has 106 valence electrons. The minimum absolute atomic E-state index is 0.724. The first kappa shape index (κ1) is 13.2. The Balaban J connectivity index is 1.97. The molecule has 0 unspecified atom stereocenters. The van der Waals surface area contributed by atoms with Gasteiger partial charge in [-0.05, 0) is 37.8 Å². The lowest BCUT2D eigenvalue weighted by molar-refractivity contribution is 0.321. The maximum atomic E-state index is 4.71. The number of anilines is 2. The standard InChI is InChI=1S/C16H22N4/c1-3-17-16-18-14-10-5-4-9-13(14)15(19-16)20(2)11-12-7-6-8-12/h4-5,9-10,12H,3,6-8,11H2,1-2H3,(H,17,18,19). The maximum Gasteiger partial charge on any atom is 0.225 e. The van der Waals surface area contributed by atoms with Gasteiger partial charge in [-0.3, -0.25) is 0 Å². The van der Waals surface area contributed by atoms with E-state index >= 15 is 0 Å². The van der Waals surface area contributed by atoms with Crippen molar-refractivity contribution in [3.8, 4) is 0 Å². The van der Waals surface area contributed by atoms with E-state index in [1.807, 2.05) is 6.07 Å². The lowest BCUT2D eigenvalue weighted by Gasteiger charge is -2.31. The van der Waals surface area contributed by atoms with Gasteiger partial charge in [0.15, 0.2) is 0 Å². The molecule has 1 N–H and O–H groups in total. The van der Waals surface area contributed by atoms with Crippen LogP contribution in [-0.2, 0) is 0 Å². The summed E-state index contributed by atoms with van der Waals surface area (Å²) in [5.74, 6) is 2.59. The number of aromatic nitrogens is 2. The molecule has 1 aromatic heterocycles. The van der Waals surface area contributed by atoms with Crippen molar-refractivity contribution >= 4 is 22.7 Å². The maximum absolute atomic E-state index is 4.71. The lowest BCUT2D eigenvalue weighted by Crippen LogP contribution is -2.30. The van der Waals surface area contributed by atoms with Crippen LogP contribution in [-0.4, -0.2) is 30.1 Å². The molecular weight excluding hydrogens is 248 g/mol. The Morgan fingerprint density at radius 1 is 1.25 bits per heavy atom. The largest absolute Gasteiger partial charge is 0.359 e. The molecule has 1 aliphatic rings. The van der Waals surface area contributed by atoms with E-state index in [0.29, 0.717) is 0 Å². The van der Waals surface area contributed by atoms with Gasteiger partial charge in [0, 0.05) is 25.5 Å². The zero-order valence-corrected chi connectivity index (χ0v) is 12.3. The molecule has 1 heterocycles. The van der Waals surface area contributed by atoms with Crippen molar-refractivity contribution in [1.29, 1.82) is 0 Å². The predicted molar refractivity (Wildman–Crippen MR) is 84.3 cm³/mol. The molecule has 0 atom stereocenters. The Morgan fingerprint density at radius 2 is 2.05 bits per heavy atom. The molecule has 20 heavy (non-hydrogen) atoms. The van der Waals surface area contributed by atoms with Crippen LogP contribution in [0, 0.1) is 5.92 Å². The van der Waals surface area contributed by atoms with Crippen LogP contribution in [0.2, 0.25) is 0 Å². The van der Waals surface area contributed by atoms with Gasteiger partial charge in [0.25, 0.3) is 0 Å². The second-order valence-corrected chi connectivity index (χ2v) is 5.60. The highest BCUT2D eigenvalue weighted by atomic mass is 15.2. The van der Waals surface area contributed by atoms with Crippen LogP contribution >= 0.6 is 0 Å². The van der Waals surface area contributed by atoms with Gasteiger partial charge in [0.1, 0.15) is 5.82 Å². The Morgan fingerprint density at radius 3 is 2.75 bits per heavy atom. The fraction of sp³-hybridized carbons (Fsp3) is 0.500. The Labute approximate surface area is 120 Å². The molecule has 0 spiro atoms. The van der Waals surface area contributed by atoms with Crippen LogP contribution in [0.1, 0.15) is 26.2 Å². The van der Waals surface area contributed by atoms with Crippen LogP contribution in [0.3, 0.4) is 0 Å². The van der Waals surface area contributed by atoms with Crippen molar-refractivity contribution in [2.75, 3.05) is 30.4 Å². The van der Waals surface area contributed by atoms with Crippen molar-refractivity contribution in [2.45, 2.75) is 26.2 Å². The van der Waals surface area contributed by atoms with E-state index in [4.69, 9.17) is 4.98 Å². The number of rotatable bonds is 5. The fourth-order valence-corrected chi connectivity index (χ4v) is 2.74. The summed E-state index contributed by atoms with van der Waals surface area (Å²) in [5.41, 5.74) is 1.01. The molecule has 1 aliphatic carbocycles. The number of hydrogen-bond donors (Lipinski definition) is 1. The summed E-state index contributed by atoms with van der Waals surface area (Å²) in [6, 6.07) is 8.25. The smallest absolute Gasteiger partial charge is 0.225 e. The average molecular weight is 270 g/mol. The van der Waals surface area contributed by atoms with Gasteiger partial charge in [0.2, 0.25) is 5.95 Å². The fourth-order valence-electron chi connectivity index (χ4n) is 2.74. The molecule has 1 saturated carbocycles. The number of nitrogens with one attached hydrogen (secondary N) is 1. The van der Waals surface area contributed by atoms with Gasteiger partial charge < -0.3 is 10.2 Å². The summed E-state index contributed by atoms with van der Waals surface area (Å²) < 4.78 is 0.